The highest BCUT2D eigenvalue weighted by Gasteiger charge is 2.33. The molecule has 1 aromatic heterocycles. The van der Waals surface area contributed by atoms with E-state index < -0.39 is 23.4 Å². The van der Waals surface area contributed by atoms with Gasteiger partial charge in [0.1, 0.15) is 0 Å². The number of hydrogen-bond donors (Lipinski definition) is 2. The SMILES string of the molecule is C=CCN(C(=O)O)c1ccc2cc(-c3ccccc3C(F)(F)F)[nH]c(=O)c2c1. The number of H-pyrrole nitrogens is 1. The third kappa shape index (κ3) is 3.62. The highest BCUT2D eigenvalue weighted by molar-refractivity contribution is 5.93. The van der Waals surface area contributed by atoms with Crippen molar-refractivity contribution in [1.29, 1.82) is 0 Å². The molecule has 0 unspecified atom stereocenters. The minimum Gasteiger partial charge on any atom is -0.465 e. The number of aromatic nitrogens is 1. The van der Waals surface area contributed by atoms with Gasteiger partial charge in [-0.25, -0.2) is 4.79 Å². The van der Waals surface area contributed by atoms with Crippen molar-refractivity contribution in [3.63, 3.8) is 0 Å². The van der Waals surface area contributed by atoms with Gasteiger partial charge in [0.15, 0.2) is 0 Å². The summed E-state index contributed by atoms with van der Waals surface area (Å²) in [4.78, 5) is 27.3. The number of aromatic amines is 1. The lowest BCUT2D eigenvalue weighted by atomic mass is 10.0. The van der Waals surface area contributed by atoms with E-state index in [0.29, 0.717) is 5.39 Å². The van der Waals surface area contributed by atoms with Crippen LogP contribution in [0.4, 0.5) is 23.7 Å². The summed E-state index contributed by atoms with van der Waals surface area (Å²) in [6.07, 6.45) is -4.38. The number of benzene rings is 2. The Morgan fingerprint density at radius 1 is 1.18 bits per heavy atom. The highest BCUT2D eigenvalue weighted by Crippen LogP contribution is 2.36. The molecule has 0 aliphatic carbocycles. The summed E-state index contributed by atoms with van der Waals surface area (Å²) < 4.78 is 39.8. The van der Waals surface area contributed by atoms with Gasteiger partial charge in [0.05, 0.1) is 5.56 Å². The molecule has 144 valence electrons. The molecule has 5 nitrogen and oxygen atoms in total. The first-order valence-corrected chi connectivity index (χ1v) is 8.17. The number of nitrogens with zero attached hydrogens (tertiary/aromatic N) is 1. The van der Waals surface area contributed by atoms with Crippen LogP contribution < -0.4 is 10.5 Å². The van der Waals surface area contributed by atoms with Gasteiger partial charge in [-0.1, -0.05) is 30.3 Å². The van der Waals surface area contributed by atoms with Gasteiger partial charge in [0.25, 0.3) is 5.56 Å². The van der Waals surface area contributed by atoms with Crippen LogP contribution in [0.25, 0.3) is 22.0 Å². The average Bonchev–Trinajstić information content (AvgIpc) is 2.65. The van der Waals surface area contributed by atoms with Crippen molar-refractivity contribution in [2.24, 2.45) is 0 Å². The second kappa shape index (κ2) is 7.22. The van der Waals surface area contributed by atoms with Crippen LogP contribution in [0.15, 0.2) is 66.0 Å². The van der Waals surface area contributed by atoms with Crippen molar-refractivity contribution in [2.75, 3.05) is 11.4 Å². The van der Waals surface area contributed by atoms with E-state index in [0.717, 1.165) is 11.0 Å². The fourth-order valence-electron chi connectivity index (χ4n) is 2.95. The molecule has 3 aromatic rings. The highest BCUT2D eigenvalue weighted by atomic mass is 19.4. The van der Waals surface area contributed by atoms with Crippen LogP contribution in [0.5, 0.6) is 0 Å². The van der Waals surface area contributed by atoms with E-state index in [1.807, 2.05) is 0 Å². The zero-order chi connectivity index (χ0) is 20.5. The summed E-state index contributed by atoms with van der Waals surface area (Å²) in [5, 5.41) is 9.84. The van der Waals surface area contributed by atoms with Gasteiger partial charge >= 0.3 is 12.3 Å². The monoisotopic (exact) mass is 388 g/mol. The molecule has 0 fully saturated rings. The Bertz CT molecular complexity index is 1120. The van der Waals surface area contributed by atoms with E-state index in [2.05, 4.69) is 11.6 Å². The van der Waals surface area contributed by atoms with Gasteiger partial charge in [-0.15, -0.1) is 6.58 Å². The second-order valence-corrected chi connectivity index (χ2v) is 6.01. The molecule has 0 bridgehead atoms. The first-order chi connectivity index (χ1) is 13.2. The van der Waals surface area contributed by atoms with Gasteiger partial charge in [-0.05, 0) is 29.7 Å². The maximum Gasteiger partial charge on any atom is 0.417 e. The van der Waals surface area contributed by atoms with Crippen molar-refractivity contribution in [3.8, 4) is 11.3 Å². The van der Waals surface area contributed by atoms with E-state index >= 15 is 0 Å². The Morgan fingerprint density at radius 2 is 1.89 bits per heavy atom. The Kier molecular flexibility index (Phi) is 4.96. The predicted octanol–water partition coefficient (Wildman–Crippen LogP) is 4.88. The maximum absolute atomic E-state index is 13.3. The molecule has 0 saturated carbocycles. The van der Waals surface area contributed by atoms with Crippen LogP contribution in [0.3, 0.4) is 0 Å². The molecule has 0 aliphatic rings. The smallest absolute Gasteiger partial charge is 0.417 e. The number of halogens is 3. The van der Waals surface area contributed by atoms with E-state index in [-0.39, 0.29) is 28.9 Å². The molecular weight excluding hydrogens is 373 g/mol. The van der Waals surface area contributed by atoms with Crippen LogP contribution in [0.2, 0.25) is 0 Å². The number of alkyl halides is 3. The normalized spacial score (nSPS) is 11.4. The number of pyridine rings is 1. The first-order valence-electron chi connectivity index (χ1n) is 8.17. The van der Waals surface area contributed by atoms with Gasteiger partial charge in [0, 0.05) is 28.9 Å². The molecule has 1 heterocycles. The van der Waals surface area contributed by atoms with Crippen molar-refractivity contribution in [2.45, 2.75) is 6.18 Å². The Hall–Kier alpha value is -3.55. The van der Waals surface area contributed by atoms with Gasteiger partial charge < -0.3 is 10.1 Å². The summed E-state index contributed by atoms with van der Waals surface area (Å²) in [6, 6.07) is 10.8. The molecule has 0 spiro atoms. The number of carbonyl (C=O) groups is 1. The predicted molar refractivity (Wildman–Crippen MR) is 101 cm³/mol. The van der Waals surface area contributed by atoms with E-state index in [1.54, 1.807) is 0 Å². The quantitative estimate of drug-likeness (QED) is 0.626. The molecule has 0 aliphatic heterocycles. The van der Waals surface area contributed by atoms with E-state index in [9.17, 15) is 27.9 Å². The number of hydrogen-bond acceptors (Lipinski definition) is 2. The fourth-order valence-corrected chi connectivity index (χ4v) is 2.95. The second-order valence-electron chi connectivity index (χ2n) is 6.01. The largest absolute Gasteiger partial charge is 0.465 e. The minimum atomic E-state index is -4.57. The standard InChI is InChI=1S/C20H15F3N2O3/c1-2-9-25(19(27)28)13-8-7-12-10-17(24-18(26)15(12)11-13)14-5-3-4-6-16(14)20(21,22)23/h2-8,10-11H,1,9H2,(H,24,26)(H,27,28). The van der Waals surface area contributed by atoms with Crippen molar-refractivity contribution >= 4 is 22.6 Å². The molecular formula is C20H15F3N2O3. The summed E-state index contributed by atoms with van der Waals surface area (Å²) in [5.41, 5.74) is -1.33. The molecule has 0 atom stereocenters. The van der Waals surface area contributed by atoms with Crippen LogP contribution in [0, 0.1) is 0 Å². The third-order valence-electron chi connectivity index (χ3n) is 4.21. The van der Waals surface area contributed by atoms with Gasteiger partial charge in [-0.3, -0.25) is 9.69 Å². The van der Waals surface area contributed by atoms with Crippen molar-refractivity contribution in [3.05, 3.63) is 77.1 Å². The topological polar surface area (TPSA) is 73.4 Å². The van der Waals surface area contributed by atoms with Crippen LogP contribution >= 0.6 is 0 Å². The fraction of sp³-hybridized carbons (Fsp3) is 0.100. The Morgan fingerprint density at radius 3 is 2.54 bits per heavy atom. The van der Waals surface area contributed by atoms with Crippen molar-refractivity contribution < 1.29 is 23.1 Å². The summed E-state index contributed by atoms with van der Waals surface area (Å²) >= 11 is 0. The zero-order valence-corrected chi connectivity index (χ0v) is 14.5. The summed E-state index contributed by atoms with van der Waals surface area (Å²) in [5.74, 6) is 0. The number of fused-ring (bicyclic) bond motifs is 1. The van der Waals surface area contributed by atoms with Crippen LogP contribution in [-0.4, -0.2) is 22.7 Å². The lowest BCUT2D eigenvalue weighted by molar-refractivity contribution is -0.137. The molecule has 0 saturated heterocycles. The average molecular weight is 388 g/mol. The maximum atomic E-state index is 13.3. The lowest BCUT2D eigenvalue weighted by Crippen LogP contribution is -2.29. The number of anilines is 1. The van der Waals surface area contributed by atoms with E-state index in [4.69, 9.17) is 0 Å². The van der Waals surface area contributed by atoms with Crippen molar-refractivity contribution in [1.82, 2.24) is 4.98 Å². The van der Waals surface area contributed by atoms with Gasteiger partial charge in [0.2, 0.25) is 0 Å². The Labute approximate surface area is 157 Å². The lowest BCUT2D eigenvalue weighted by Gasteiger charge is -2.18. The first kappa shape index (κ1) is 19.2. The number of nitrogens with one attached hydrogen (secondary N) is 1. The molecule has 2 aromatic carbocycles. The summed E-state index contributed by atoms with van der Waals surface area (Å²) in [6.45, 7) is 3.52. The van der Waals surface area contributed by atoms with Crippen LogP contribution in [-0.2, 0) is 6.18 Å². The molecule has 28 heavy (non-hydrogen) atoms. The van der Waals surface area contributed by atoms with Crippen LogP contribution in [0.1, 0.15) is 5.56 Å². The number of carboxylic acid groups (broad SMARTS) is 1. The molecule has 0 radical (unpaired) electrons. The molecule has 1 amide bonds. The summed E-state index contributed by atoms with van der Waals surface area (Å²) in [7, 11) is 0. The number of rotatable bonds is 4. The molecule has 3 rings (SSSR count). The van der Waals surface area contributed by atoms with E-state index in [1.165, 1.54) is 48.5 Å². The minimum absolute atomic E-state index is 0.0236. The molecule has 2 N–H and O–H groups in total. The molecule has 8 heteroatoms. The Balaban J connectivity index is 2.16. The zero-order valence-electron chi connectivity index (χ0n) is 14.5. The van der Waals surface area contributed by atoms with Gasteiger partial charge in [-0.2, -0.15) is 13.2 Å². The number of amides is 1. The third-order valence-corrected chi connectivity index (χ3v) is 4.21.